The average Bonchev–Trinajstić information content (AvgIpc) is 3.09. The van der Waals surface area contributed by atoms with Crippen molar-refractivity contribution in [1.82, 2.24) is 10.2 Å². The molecule has 0 atom stereocenters. The van der Waals surface area contributed by atoms with Crippen molar-refractivity contribution >= 4 is 39.6 Å². The van der Waals surface area contributed by atoms with E-state index < -0.39 is 10.8 Å². The normalized spacial score (nSPS) is 10.8. The Balaban J connectivity index is 1.67. The number of rotatable bonds is 5. The van der Waals surface area contributed by atoms with Gasteiger partial charge in [0.15, 0.2) is 0 Å². The van der Waals surface area contributed by atoms with Crippen LogP contribution < -0.4 is 5.32 Å². The van der Waals surface area contributed by atoms with Crippen LogP contribution in [0.3, 0.4) is 0 Å². The first-order chi connectivity index (χ1) is 12.5. The highest BCUT2D eigenvalue weighted by atomic mass is 79.9. The minimum Gasteiger partial charge on any atom is -0.403 e. The maximum absolute atomic E-state index is 11.9. The molecule has 0 saturated carbocycles. The number of amides is 1. The quantitative estimate of drug-likeness (QED) is 0.382. The molecular formula is C17H11BrN4O4. The summed E-state index contributed by atoms with van der Waals surface area (Å²) in [7, 11) is 0. The van der Waals surface area contributed by atoms with E-state index in [1.807, 2.05) is 12.1 Å². The molecule has 0 radical (unpaired) electrons. The Bertz CT molecular complexity index is 1000. The molecule has 0 saturated heterocycles. The number of non-ortho nitro benzene ring substituents is 1. The Labute approximate surface area is 155 Å². The second-order valence-corrected chi connectivity index (χ2v) is 6.01. The summed E-state index contributed by atoms with van der Waals surface area (Å²) in [6.45, 7) is 0. The van der Waals surface area contributed by atoms with E-state index >= 15 is 0 Å². The van der Waals surface area contributed by atoms with Gasteiger partial charge < -0.3 is 4.42 Å². The van der Waals surface area contributed by atoms with E-state index in [1.165, 1.54) is 30.4 Å². The molecule has 0 aliphatic carbocycles. The first-order valence-electron chi connectivity index (χ1n) is 7.34. The molecular weight excluding hydrogens is 404 g/mol. The lowest BCUT2D eigenvalue weighted by molar-refractivity contribution is -0.384. The Morgan fingerprint density at radius 2 is 2.00 bits per heavy atom. The molecule has 1 aromatic heterocycles. The first-order valence-corrected chi connectivity index (χ1v) is 8.13. The Kier molecular flexibility index (Phi) is 5.18. The van der Waals surface area contributed by atoms with E-state index in [2.05, 4.69) is 31.4 Å². The molecule has 8 nitrogen and oxygen atoms in total. The molecule has 1 amide bonds. The Morgan fingerprint density at radius 3 is 2.77 bits per heavy atom. The van der Waals surface area contributed by atoms with Crippen molar-refractivity contribution in [1.29, 1.82) is 0 Å². The summed E-state index contributed by atoms with van der Waals surface area (Å²) in [5.74, 6) is -0.231. The van der Waals surface area contributed by atoms with Crippen LogP contribution in [-0.2, 0) is 4.79 Å². The van der Waals surface area contributed by atoms with Crippen molar-refractivity contribution in [3.8, 4) is 11.5 Å². The summed E-state index contributed by atoms with van der Waals surface area (Å²) in [5.41, 5.74) is 1.18. The summed E-state index contributed by atoms with van der Waals surface area (Å²) in [6.07, 6.45) is 2.68. The molecule has 0 fully saturated rings. The van der Waals surface area contributed by atoms with Crippen LogP contribution in [0.5, 0.6) is 0 Å². The molecule has 0 spiro atoms. The number of carbonyl (C=O) groups is 1. The summed E-state index contributed by atoms with van der Waals surface area (Å²) in [5, 5.41) is 20.8. The maximum Gasteiger partial charge on any atom is 0.322 e. The van der Waals surface area contributed by atoms with Gasteiger partial charge in [-0.25, -0.2) is 0 Å². The average molecular weight is 415 g/mol. The van der Waals surface area contributed by atoms with Gasteiger partial charge in [-0.1, -0.05) is 39.2 Å². The summed E-state index contributed by atoms with van der Waals surface area (Å²) >= 11 is 3.35. The zero-order chi connectivity index (χ0) is 18.5. The molecule has 0 aliphatic heterocycles. The summed E-state index contributed by atoms with van der Waals surface area (Å²) < 4.78 is 6.26. The minimum absolute atomic E-state index is 0.0475. The molecule has 0 aliphatic rings. The van der Waals surface area contributed by atoms with Gasteiger partial charge in [-0.2, -0.15) is 0 Å². The number of nitro benzene ring substituents is 1. The third-order valence-corrected chi connectivity index (χ3v) is 3.73. The topological polar surface area (TPSA) is 111 Å². The van der Waals surface area contributed by atoms with Crippen LogP contribution in [0.1, 0.15) is 5.56 Å². The Morgan fingerprint density at radius 1 is 1.19 bits per heavy atom. The van der Waals surface area contributed by atoms with Gasteiger partial charge in [0.05, 0.1) is 4.92 Å². The number of nitrogens with zero attached hydrogens (tertiary/aromatic N) is 3. The van der Waals surface area contributed by atoms with Crippen LogP contribution in [-0.4, -0.2) is 21.0 Å². The Hall–Kier alpha value is -3.33. The molecule has 0 unspecified atom stereocenters. The molecule has 9 heteroatoms. The summed E-state index contributed by atoms with van der Waals surface area (Å²) in [6, 6.07) is 13.2. The monoisotopic (exact) mass is 414 g/mol. The molecule has 26 heavy (non-hydrogen) atoms. The van der Waals surface area contributed by atoms with E-state index in [0.29, 0.717) is 11.1 Å². The zero-order valence-electron chi connectivity index (χ0n) is 13.1. The fraction of sp³-hybridized carbons (Fsp3) is 0. The predicted molar refractivity (Wildman–Crippen MR) is 98.2 cm³/mol. The number of benzene rings is 2. The molecule has 1 heterocycles. The third kappa shape index (κ3) is 4.39. The van der Waals surface area contributed by atoms with Gasteiger partial charge in [0, 0.05) is 28.2 Å². The van der Waals surface area contributed by atoms with Gasteiger partial charge in [0.1, 0.15) is 0 Å². The van der Waals surface area contributed by atoms with Gasteiger partial charge >= 0.3 is 6.01 Å². The second kappa shape index (κ2) is 7.70. The first kappa shape index (κ1) is 17.5. The highest BCUT2D eigenvalue weighted by Crippen LogP contribution is 2.23. The number of hydrogen-bond acceptors (Lipinski definition) is 6. The van der Waals surface area contributed by atoms with Crippen molar-refractivity contribution in [3.05, 3.63) is 74.8 Å². The standard InChI is InChI=1S/C17H11BrN4O4/c18-13-5-2-4-12(10-13)16-20-21-17(26-16)19-15(23)8-7-11-3-1-6-14(9-11)22(24)25/h1-10H,(H,19,21,23)/b8-7+. The van der Waals surface area contributed by atoms with Crippen molar-refractivity contribution in [2.24, 2.45) is 0 Å². The lowest BCUT2D eigenvalue weighted by Gasteiger charge is -1.96. The third-order valence-electron chi connectivity index (χ3n) is 3.23. The molecule has 2 aromatic carbocycles. The number of nitro groups is 1. The SMILES string of the molecule is O=C(/C=C/c1cccc([N+](=O)[O-])c1)Nc1nnc(-c2cccc(Br)c2)o1. The van der Waals surface area contributed by atoms with Crippen molar-refractivity contribution in [2.45, 2.75) is 0 Å². The number of anilines is 1. The number of halogens is 1. The molecule has 3 aromatic rings. The van der Waals surface area contributed by atoms with E-state index in [4.69, 9.17) is 4.42 Å². The van der Waals surface area contributed by atoms with Crippen molar-refractivity contribution in [3.63, 3.8) is 0 Å². The molecule has 3 rings (SSSR count). The van der Waals surface area contributed by atoms with Crippen LogP contribution in [0.4, 0.5) is 11.7 Å². The van der Waals surface area contributed by atoms with Crippen LogP contribution in [0.15, 0.2) is 63.5 Å². The van der Waals surface area contributed by atoms with E-state index in [0.717, 1.165) is 4.47 Å². The van der Waals surface area contributed by atoms with Gasteiger partial charge in [0.25, 0.3) is 11.6 Å². The summed E-state index contributed by atoms with van der Waals surface area (Å²) in [4.78, 5) is 22.2. The fourth-order valence-corrected chi connectivity index (χ4v) is 2.47. The molecule has 0 bridgehead atoms. The zero-order valence-corrected chi connectivity index (χ0v) is 14.7. The van der Waals surface area contributed by atoms with E-state index in [9.17, 15) is 14.9 Å². The van der Waals surface area contributed by atoms with Crippen LogP contribution >= 0.6 is 15.9 Å². The second-order valence-electron chi connectivity index (χ2n) is 5.10. The van der Waals surface area contributed by atoms with Gasteiger partial charge in [-0.05, 0) is 29.8 Å². The fourth-order valence-electron chi connectivity index (χ4n) is 2.07. The van der Waals surface area contributed by atoms with Gasteiger partial charge in [-0.3, -0.25) is 20.2 Å². The largest absolute Gasteiger partial charge is 0.403 e. The highest BCUT2D eigenvalue weighted by Gasteiger charge is 2.10. The number of carbonyl (C=O) groups excluding carboxylic acids is 1. The lowest BCUT2D eigenvalue weighted by Crippen LogP contribution is -2.07. The highest BCUT2D eigenvalue weighted by molar-refractivity contribution is 9.10. The van der Waals surface area contributed by atoms with E-state index in [-0.39, 0.29) is 17.6 Å². The van der Waals surface area contributed by atoms with Gasteiger partial charge in [-0.15, -0.1) is 5.10 Å². The minimum atomic E-state index is -0.501. The number of hydrogen-bond donors (Lipinski definition) is 1. The lowest BCUT2D eigenvalue weighted by atomic mass is 10.2. The predicted octanol–water partition coefficient (Wildman–Crippen LogP) is 4.06. The van der Waals surface area contributed by atoms with Crippen LogP contribution in [0.2, 0.25) is 0 Å². The van der Waals surface area contributed by atoms with Crippen molar-refractivity contribution < 1.29 is 14.1 Å². The van der Waals surface area contributed by atoms with Crippen molar-refractivity contribution in [2.75, 3.05) is 5.32 Å². The van der Waals surface area contributed by atoms with E-state index in [1.54, 1.807) is 18.2 Å². The molecule has 130 valence electrons. The van der Waals surface area contributed by atoms with Gasteiger partial charge in [0.2, 0.25) is 5.89 Å². The van der Waals surface area contributed by atoms with Crippen LogP contribution in [0, 0.1) is 10.1 Å². The maximum atomic E-state index is 11.9. The number of aromatic nitrogens is 2. The molecule has 1 N–H and O–H groups in total. The number of nitrogens with one attached hydrogen (secondary N) is 1. The van der Waals surface area contributed by atoms with Crippen LogP contribution in [0.25, 0.3) is 17.5 Å². The smallest absolute Gasteiger partial charge is 0.322 e.